The van der Waals surface area contributed by atoms with Crippen LogP contribution in [0.25, 0.3) is 0 Å². The van der Waals surface area contributed by atoms with Crippen molar-refractivity contribution in [2.75, 3.05) is 0 Å². The highest BCUT2D eigenvalue weighted by molar-refractivity contribution is 6.30. The molecule has 1 unspecified atom stereocenters. The summed E-state index contributed by atoms with van der Waals surface area (Å²) in [7, 11) is 0. The van der Waals surface area contributed by atoms with E-state index >= 15 is 0 Å². The van der Waals surface area contributed by atoms with Crippen LogP contribution in [0.2, 0.25) is 5.02 Å². The zero-order chi connectivity index (χ0) is 12.0. The van der Waals surface area contributed by atoms with Crippen molar-refractivity contribution < 1.29 is 4.39 Å². The molecule has 0 saturated heterocycles. The topological polar surface area (TPSA) is 38.0 Å². The third-order valence-corrected chi connectivity index (χ3v) is 2.51. The average molecular weight is 241 g/mol. The molecule has 0 saturated carbocycles. The maximum Gasteiger partial charge on any atom is 0.129 e. The van der Waals surface area contributed by atoms with Crippen molar-refractivity contribution in [3.05, 3.63) is 34.6 Å². The second-order valence-electron chi connectivity index (χ2n) is 3.35. The van der Waals surface area contributed by atoms with Crippen molar-refractivity contribution in [1.29, 1.82) is 0 Å². The first-order valence-electron chi connectivity index (χ1n) is 4.99. The predicted octanol–water partition coefficient (Wildman–Crippen LogP) is 2.79. The number of benzene rings is 1. The van der Waals surface area contributed by atoms with Gasteiger partial charge in [0.1, 0.15) is 5.82 Å². The molecule has 3 N–H and O–H groups in total. The molecule has 16 heavy (non-hydrogen) atoms. The van der Waals surface area contributed by atoms with E-state index in [-0.39, 0.29) is 11.9 Å². The minimum absolute atomic E-state index is 0.238. The van der Waals surface area contributed by atoms with Gasteiger partial charge in [-0.1, -0.05) is 17.7 Å². The van der Waals surface area contributed by atoms with Gasteiger partial charge in [0.05, 0.1) is 0 Å². The van der Waals surface area contributed by atoms with Gasteiger partial charge >= 0.3 is 0 Å². The molecule has 0 radical (unpaired) electrons. The molecule has 86 valence electrons. The fourth-order valence-electron chi connectivity index (χ4n) is 1.45. The van der Waals surface area contributed by atoms with Crippen LogP contribution in [0, 0.1) is 17.7 Å². The largest absolute Gasteiger partial charge is 0.271 e. The molecule has 0 fully saturated rings. The van der Waals surface area contributed by atoms with Crippen molar-refractivity contribution in [3.63, 3.8) is 0 Å². The molecule has 0 spiro atoms. The van der Waals surface area contributed by atoms with Crippen molar-refractivity contribution in [1.82, 2.24) is 5.43 Å². The lowest BCUT2D eigenvalue weighted by molar-refractivity contribution is 0.491. The summed E-state index contributed by atoms with van der Waals surface area (Å²) in [4.78, 5) is 0. The van der Waals surface area contributed by atoms with E-state index in [0.717, 1.165) is 0 Å². The second-order valence-corrected chi connectivity index (χ2v) is 3.79. The van der Waals surface area contributed by atoms with Crippen LogP contribution >= 0.6 is 11.6 Å². The molecule has 1 aromatic carbocycles. The highest BCUT2D eigenvalue weighted by atomic mass is 35.5. The van der Waals surface area contributed by atoms with Crippen LogP contribution in [0.15, 0.2) is 18.2 Å². The Morgan fingerprint density at radius 1 is 1.56 bits per heavy atom. The SMILES string of the molecule is CC#CCCC(NN)c1ccc(Cl)cc1F. The van der Waals surface area contributed by atoms with Gasteiger partial charge in [0, 0.05) is 23.0 Å². The zero-order valence-electron chi connectivity index (χ0n) is 9.06. The minimum Gasteiger partial charge on any atom is -0.271 e. The number of hydrogen-bond acceptors (Lipinski definition) is 2. The molecular weight excluding hydrogens is 227 g/mol. The van der Waals surface area contributed by atoms with Crippen LogP contribution < -0.4 is 11.3 Å². The summed E-state index contributed by atoms with van der Waals surface area (Å²) in [6, 6.07) is 4.34. The summed E-state index contributed by atoms with van der Waals surface area (Å²) in [6.45, 7) is 1.77. The second kappa shape index (κ2) is 6.49. The molecule has 0 aromatic heterocycles. The zero-order valence-corrected chi connectivity index (χ0v) is 9.81. The predicted molar refractivity (Wildman–Crippen MR) is 64.2 cm³/mol. The van der Waals surface area contributed by atoms with E-state index < -0.39 is 0 Å². The van der Waals surface area contributed by atoms with E-state index in [9.17, 15) is 4.39 Å². The van der Waals surface area contributed by atoms with Crippen LogP contribution in [-0.4, -0.2) is 0 Å². The Labute approximate surface area is 99.9 Å². The first kappa shape index (κ1) is 13.0. The lowest BCUT2D eigenvalue weighted by atomic mass is 10.0. The Hall–Kier alpha value is -1.08. The molecule has 0 aliphatic carbocycles. The number of nitrogens with two attached hydrogens (primary N) is 1. The number of rotatable bonds is 4. The highest BCUT2D eigenvalue weighted by Gasteiger charge is 2.13. The first-order chi connectivity index (χ1) is 7.69. The maximum absolute atomic E-state index is 13.6. The molecule has 0 amide bonds. The molecule has 0 heterocycles. The van der Waals surface area contributed by atoms with Crippen LogP contribution in [0.3, 0.4) is 0 Å². The maximum atomic E-state index is 13.6. The molecule has 1 aromatic rings. The van der Waals surface area contributed by atoms with E-state index in [4.69, 9.17) is 17.4 Å². The summed E-state index contributed by atoms with van der Waals surface area (Å²) in [5, 5.41) is 0.380. The average Bonchev–Trinajstić information content (AvgIpc) is 2.26. The summed E-state index contributed by atoms with van der Waals surface area (Å²) < 4.78 is 13.6. The molecular formula is C12H14ClFN2. The lowest BCUT2D eigenvalue weighted by Gasteiger charge is -2.15. The fourth-order valence-corrected chi connectivity index (χ4v) is 1.61. The van der Waals surface area contributed by atoms with E-state index in [1.54, 1.807) is 19.1 Å². The number of halogens is 2. The number of nitrogens with one attached hydrogen (secondary N) is 1. The van der Waals surface area contributed by atoms with Gasteiger partial charge in [-0.3, -0.25) is 11.3 Å². The molecule has 0 aliphatic rings. The summed E-state index contributed by atoms with van der Waals surface area (Å²) in [6.07, 6.45) is 1.34. The summed E-state index contributed by atoms with van der Waals surface area (Å²) >= 11 is 5.68. The van der Waals surface area contributed by atoms with Gasteiger partial charge in [0.25, 0.3) is 0 Å². The Morgan fingerprint density at radius 3 is 2.88 bits per heavy atom. The minimum atomic E-state index is -0.347. The third kappa shape index (κ3) is 3.49. The molecule has 1 rings (SSSR count). The molecule has 0 bridgehead atoms. The third-order valence-electron chi connectivity index (χ3n) is 2.27. The van der Waals surface area contributed by atoms with Gasteiger partial charge in [0.15, 0.2) is 0 Å². The van der Waals surface area contributed by atoms with Crippen molar-refractivity contribution in [2.24, 2.45) is 5.84 Å². The monoisotopic (exact) mass is 240 g/mol. The van der Waals surface area contributed by atoms with E-state index in [1.165, 1.54) is 6.07 Å². The summed E-state index contributed by atoms with van der Waals surface area (Å²) in [5.41, 5.74) is 3.11. The van der Waals surface area contributed by atoms with E-state index in [2.05, 4.69) is 17.3 Å². The van der Waals surface area contributed by atoms with Gasteiger partial charge in [-0.2, -0.15) is 0 Å². The van der Waals surface area contributed by atoms with Crippen molar-refractivity contribution in [2.45, 2.75) is 25.8 Å². The quantitative estimate of drug-likeness (QED) is 0.483. The Kier molecular flexibility index (Phi) is 5.27. The van der Waals surface area contributed by atoms with Crippen LogP contribution in [-0.2, 0) is 0 Å². The van der Waals surface area contributed by atoms with E-state index in [1.807, 2.05) is 0 Å². The lowest BCUT2D eigenvalue weighted by Crippen LogP contribution is -2.28. The van der Waals surface area contributed by atoms with Gasteiger partial charge in [-0.15, -0.1) is 11.8 Å². The van der Waals surface area contributed by atoms with Crippen LogP contribution in [0.4, 0.5) is 4.39 Å². The number of hydrogen-bond donors (Lipinski definition) is 2. The van der Waals surface area contributed by atoms with Gasteiger partial charge in [-0.05, 0) is 25.5 Å². The van der Waals surface area contributed by atoms with Crippen molar-refractivity contribution >= 4 is 11.6 Å². The standard InChI is InChI=1S/C12H14ClFN2/c1-2-3-4-5-12(16-15)10-7-6-9(13)8-11(10)14/h6-8,12,16H,4-5,15H2,1H3. The fraction of sp³-hybridized carbons (Fsp3) is 0.333. The smallest absolute Gasteiger partial charge is 0.129 e. The Morgan fingerprint density at radius 2 is 2.31 bits per heavy atom. The number of hydrazine groups is 1. The normalized spacial score (nSPS) is 11.8. The molecule has 1 atom stereocenters. The Bertz CT molecular complexity index is 409. The van der Waals surface area contributed by atoms with Gasteiger partial charge in [0.2, 0.25) is 0 Å². The van der Waals surface area contributed by atoms with E-state index in [0.29, 0.717) is 23.4 Å². The Balaban J connectivity index is 2.80. The highest BCUT2D eigenvalue weighted by Crippen LogP contribution is 2.23. The molecule has 4 heteroatoms. The van der Waals surface area contributed by atoms with Crippen LogP contribution in [0.1, 0.15) is 31.4 Å². The first-order valence-corrected chi connectivity index (χ1v) is 5.37. The van der Waals surface area contributed by atoms with Gasteiger partial charge in [-0.25, -0.2) is 4.39 Å². The summed E-state index contributed by atoms with van der Waals surface area (Å²) in [5.74, 6) is 10.8. The van der Waals surface area contributed by atoms with Crippen LogP contribution in [0.5, 0.6) is 0 Å². The van der Waals surface area contributed by atoms with Crippen molar-refractivity contribution in [3.8, 4) is 11.8 Å². The van der Waals surface area contributed by atoms with Gasteiger partial charge < -0.3 is 0 Å². The molecule has 0 aliphatic heterocycles. The molecule has 2 nitrogen and oxygen atoms in total.